The van der Waals surface area contributed by atoms with E-state index in [9.17, 15) is 9.59 Å². The van der Waals surface area contributed by atoms with Gasteiger partial charge < -0.3 is 24.6 Å². The van der Waals surface area contributed by atoms with Crippen LogP contribution in [0.3, 0.4) is 0 Å². The van der Waals surface area contributed by atoms with E-state index < -0.39 is 0 Å². The molecule has 1 aromatic rings. The number of carbonyl (C=O) groups excluding carboxylic acids is 2. The van der Waals surface area contributed by atoms with E-state index in [2.05, 4.69) is 10.3 Å². The largest absolute Gasteiger partial charge is 0.480 e. The highest BCUT2D eigenvalue weighted by molar-refractivity contribution is 5.90. The highest BCUT2D eigenvalue weighted by Crippen LogP contribution is 2.20. The van der Waals surface area contributed by atoms with Crippen molar-refractivity contribution in [2.75, 3.05) is 45.2 Å². The number of carbonyl (C=O) groups is 2. The highest BCUT2D eigenvalue weighted by atomic mass is 16.6. The van der Waals surface area contributed by atoms with Crippen LogP contribution in [-0.2, 0) is 4.74 Å². The maximum Gasteiger partial charge on any atom is 0.409 e. The van der Waals surface area contributed by atoms with E-state index in [1.54, 1.807) is 28.1 Å². The van der Waals surface area contributed by atoms with Crippen molar-refractivity contribution in [3.63, 3.8) is 0 Å². The van der Waals surface area contributed by atoms with E-state index in [-0.39, 0.29) is 12.1 Å². The van der Waals surface area contributed by atoms with Crippen molar-refractivity contribution in [2.24, 2.45) is 5.92 Å². The fraction of sp³-hybridized carbons (Fsp3) is 0.588. The molecule has 0 radical (unpaired) electrons. The first-order chi connectivity index (χ1) is 12.0. The normalized spacial score (nSPS) is 14.9. The van der Waals surface area contributed by atoms with Gasteiger partial charge >= 0.3 is 12.1 Å². The topological polar surface area (TPSA) is 84.0 Å². The summed E-state index contributed by atoms with van der Waals surface area (Å²) in [4.78, 5) is 31.9. The average molecular weight is 350 g/mol. The van der Waals surface area contributed by atoms with Gasteiger partial charge in [-0.1, -0.05) is 13.8 Å². The van der Waals surface area contributed by atoms with E-state index >= 15 is 0 Å². The molecule has 25 heavy (non-hydrogen) atoms. The summed E-state index contributed by atoms with van der Waals surface area (Å²) in [7, 11) is 1.50. The smallest absolute Gasteiger partial charge is 0.409 e. The van der Waals surface area contributed by atoms with Crippen molar-refractivity contribution in [3.8, 4) is 5.88 Å². The van der Waals surface area contributed by atoms with Gasteiger partial charge in [0.25, 0.3) is 0 Å². The Balaban J connectivity index is 1.89. The molecule has 0 aliphatic carbocycles. The first kappa shape index (κ1) is 18.8. The maximum absolute atomic E-state index is 12.5. The molecule has 1 saturated heterocycles. The summed E-state index contributed by atoms with van der Waals surface area (Å²) in [5.41, 5.74) is 0.521. The monoisotopic (exact) mass is 350 g/mol. The Hall–Kier alpha value is -2.51. The van der Waals surface area contributed by atoms with Gasteiger partial charge in [-0.2, -0.15) is 0 Å². The lowest BCUT2D eigenvalue weighted by Gasteiger charge is -2.22. The Kier molecular flexibility index (Phi) is 6.85. The van der Waals surface area contributed by atoms with Gasteiger partial charge in [0.15, 0.2) is 0 Å². The molecular formula is C17H26N4O4. The number of aromatic nitrogens is 1. The molecule has 0 bridgehead atoms. The molecule has 2 heterocycles. The molecule has 138 valence electrons. The second kappa shape index (κ2) is 9.10. The van der Waals surface area contributed by atoms with Gasteiger partial charge in [-0.15, -0.1) is 0 Å². The Morgan fingerprint density at radius 1 is 1.24 bits per heavy atom. The third kappa shape index (κ3) is 5.51. The van der Waals surface area contributed by atoms with Crippen LogP contribution < -0.4 is 10.1 Å². The lowest BCUT2D eigenvalue weighted by atomic mass is 10.2. The first-order valence-corrected chi connectivity index (χ1v) is 8.48. The fourth-order valence-corrected chi connectivity index (χ4v) is 2.48. The second-order valence-electron chi connectivity index (χ2n) is 6.29. The molecule has 0 aromatic carbocycles. The molecule has 0 spiro atoms. The Bertz CT molecular complexity index is 594. The molecule has 1 aliphatic rings. The molecule has 2 rings (SSSR count). The van der Waals surface area contributed by atoms with Crippen molar-refractivity contribution in [2.45, 2.75) is 20.3 Å². The van der Waals surface area contributed by atoms with Crippen LogP contribution in [0.15, 0.2) is 18.3 Å². The van der Waals surface area contributed by atoms with Crippen LogP contribution in [0.5, 0.6) is 5.88 Å². The molecule has 0 atom stereocenters. The van der Waals surface area contributed by atoms with Gasteiger partial charge in [0, 0.05) is 32.4 Å². The molecule has 0 unspecified atom stereocenters. The van der Waals surface area contributed by atoms with Crippen molar-refractivity contribution in [1.82, 2.24) is 14.8 Å². The quantitative estimate of drug-likeness (QED) is 0.901. The molecule has 1 aromatic heterocycles. The Morgan fingerprint density at radius 2 is 1.96 bits per heavy atom. The average Bonchev–Trinajstić information content (AvgIpc) is 2.86. The van der Waals surface area contributed by atoms with Gasteiger partial charge in [-0.3, -0.25) is 0 Å². The van der Waals surface area contributed by atoms with Gasteiger partial charge in [0.2, 0.25) is 5.88 Å². The summed E-state index contributed by atoms with van der Waals surface area (Å²) in [5, 5.41) is 2.81. The van der Waals surface area contributed by atoms with Crippen LogP contribution in [0.1, 0.15) is 20.3 Å². The van der Waals surface area contributed by atoms with Crippen molar-refractivity contribution in [3.05, 3.63) is 18.3 Å². The number of urea groups is 1. The zero-order valence-corrected chi connectivity index (χ0v) is 15.0. The third-order valence-corrected chi connectivity index (χ3v) is 3.79. The van der Waals surface area contributed by atoms with Gasteiger partial charge in [-0.25, -0.2) is 14.6 Å². The van der Waals surface area contributed by atoms with Crippen molar-refractivity contribution >= 4 is 17.8 Å². The minimum Gasteiger partial charge on any atom is -0.480 e. The van der Waals surface area contributed by atoms with Gasteiger partial charge in [0.1, 0.15) is 5.69 Å². The highest BCUT2D eigenvalue weighted by Gasteiger charge is 2.23. The summed E-state index contributed by atoms with van der Waals surface area (Å²) < 4.78 is 10.4. The van der Waals surface area contributed by atoms with Crippen molar-refractivity contribution in [1.29, 1.82) is 0 Å². The SMILES string of the molecule is COc1ncccc1NC(=O)N1CCCN(C(=O)OCC(C)C)CC1. The van der Waals surface area contributed by atoms with Crippen LogP contribution in [0.25, 0.3) is 0 Å². The number of rotatable bonds is 4. The summed E-state index contributed by atoms with van der Waals surface area (Å²) >= 11 is 0. The van der Waals surface area contributed by atoms with Crippen molar-refractivity contribution < 1.29 is 19.1 Å². The van der Waals surface area contributed by atoms with Crippen LogP contribution >= 0.6 is 0 Å². The fourth-order valence-electron chi connectivity index (χ4n) is 2.48. The van der Waals surface area contributed by atoms with Crippen LogP contribution in [-0.4, -0.2) is 66.8 Å². The molecule has 1 aliphatic heterocycles. The molecule has 1 N–H and O–H groups in total. The van der Waals surface area contributed by atoms with Gasteiger partial charge in [0.05, 0.1) is 13.7 Å². The first-order valence-electron chi connectivity index (χ1n) is 8.48. The third-order valence-electron chi connectivity index (χ3n) is 3.79. The standard InChI is InChI=1S/C17H26N4O4/c1-13(2)12-25-17(23)21-9-5-8-20(10-11-21)16(22)19-14-6-4-7-18-15(14)24-3/h4,6-7,13H,5,8-12H2,1-3H3,(H,19,22). The molecular weight excluding hydrogens is 324 g/mol. The summed E-state index contributed by atoms with van der Waals surface area (Å²) in [6.45, 7) is 6.45. The second-order valence-corrected chi connectivity index (χ2v) is 6.29. The Morgan fingerprint density at radius 3 is 2.68 bits per heavy atom. The van der Waals surface area contributed by atoms with Crippen LogP contribution in [0, 0.1) is 5.92 Å². The number of nitrogens with zero attached hydrogens (tertiary/aromatic N) is 3. The lowest BCUT2D eigenvalue weighted by Crippen LogP contribution is -2.39. The number of methoxy groups -OCH3 is 1. The number of nitrogens with one attached hydrogen (secondary N) is 1. The summed E-state index contributed by atoms with van der Waals surface area (Å²) in [6.07, 6.45) is 1.99. The van der Waals surface area contributed by atoms with Crippen LogP contribution in [0.4, 0.5) is 15.3 Å². The molecule has 8 nitrogen and oxygen atoms in total. The van der Waals surface area contributed by atoms with E-state index in [4.69, 9.17) is 9.47 Å². The molecule has 0 saturated carbocycles. The zero-order chi connectivity index (χ0) is 18.2. The summed E-state index contributed by atoms with van der Waals surface area (Å²) in [5.74, 6) is 0.664. The number of pyridine rings is 1. The lowest BCUT2D eigenvalue weighted by molar-refractivity contribution is 0.0934. The maximum atomic E-state index is 12.5. The van der Waals surface area contributed by atoms with E-state index in [1.807, 2.05) is 13.8 Å². The molecule has 3 amide bonds. The minimum absolute atomic E-state index is 0.233. The van der Waals surface area contributed by atoms with Gasteiger partial charge in [-0.05, 0) is 24.5 Å². The minimum atomic E-state index is -0.315. The zero-order valence-electron chi connectivity index (χ0n) is 15.0. The number of anilines is 1. The van der Waals surface area contributed by atoms with E-state index in [0.29, 0.717) is 56.7 Å². The van der Waals surface area contributed by atoms with E-state index in [1.165, 1.54) is 7.11 Å². The Labute approximate surface area is 148 Å². The number of ether oxygens (including phenoxy) is 2. The number of hydrogen-bond acceptors (Lipinski definition) is 5. The predicted molar refractivity (Wildman–Crippen MR) is 93.8 cm³/mol. The van der Waals surface area contributed by atoms with Crippen LogP contribution in [0.2, 0.25) is 0 Å². The van der Waals surface area contributed by atoms with E-state index in [0.717, 1.165) is 0 Å². The molecule has 8 heteroatoms. The summed E-state index contributed by atoms with van der Waals surface area (Å²) in [6, 6.07) is 3.23. The molecule has 1 fully saturated rings. The number of amides is 3. The number of hydrogen-bond donors (Lipinski definition) is 1. The predicted octanol–water partition coefficient (Wildman–Crippen LogP) is 2.42.